The number of rotatable bonds is 7. The first-order valence-corrected chi connectivity index (χ1v) is 9.01. The van der Waals surface area contributed by atoms with Gasteiger partial charge in [0.1, 0.15) is 5.70 Å². The van der Waals surface area contributed by atoms with Gasteiger partial charge in [0.25, 0.3) is 11.5 Å². The lowest BCUT2D eigenvalue weighted by atomic mass is 10.1. The molecule has 0 saturated heterocycles. The standard InChI is InChI=1S/C17H20N6O3S/c1-9(2)8-27-17-21-15(25)13(16(26)22-17)14(24)20-11-5-3-10(4-6-11)12(7-18)23-19/h3-7,9,19H,8,18H2,1-2H3,(H,20,24)(H2,21,22,25,26)/b12-7-,23-19?. The number of thioether (sulfide) groups is 1. The van der Waals surface area contributed by atoms with Crippen LogP contribution in [0.5, 0.6) is 5.88 Å². The molecule has 0 aliphatic heterocycles. The van der Waals surface area contributed by atoms with Crippen molar-refractivity contribution in [3.63, 3.8) is 0 Å². The SMILES string of the molecule is CC(C)CSc1nc(O)c(C(=O)Nc2ccc(/C(=C/N)N=N)cc2)c(=O)[nH]1. The van der Waals surface area contributed by atoms with Crippen molar-refractivity contribution in [3.05, 3.63) is 51.9 Å². The number of aromatic amines is 1. The normalized spacial score (nSPS) is 11.4. The summed E-state index contributed by atoms with van der Waals surface area (Å²) in [5.74, 6) is -0.315. The maximum Gasteiger partial charge on any atom is 0.268 e. The molecule has 142 valence electrons. The van der Waals surface area contributed by atoms with Crippen LogP contribution in [-0.4, -0.2) is 26.7 Å². The summed E-state index contributed by atoms with van der Waals surface area (Å²) in [6.07, 6.45) is 1.20. The molecule has 0 unspecified atom stereocenters. The van der Waals surface area contributed by atoms with E-state index in [1.54, 1.807) is 24.3 Å². The molecule has 10 heteroatoms. The monoisotopic (exact) mass is 388 g/mol. The molecule has 6 N–H and O–H groups in total. The van der Waals surface area contributed by atoms with Gasteiger partial charge in [0, 0.05) is 23.2 Å². The lowest BCUT2D eigenvalue weighted by molar-refractivity contribution is 0.102. The zero-order valence-electron chi connectivity index (χ0n) is 14.8. The Morgan fingerprint density at radius 1 is 1.44 bits per heavy atom. The first-order chi connectivity index (χ1) is 12.8. The van der Waals surface area contributed by atoms with Crippen LogP contribution in [0.4, 0.5) is 5.69 Å². The number of amides is 1. The lowest BCUT2D eigenvalue weighted by Gasteiger charge is -2.08. The lowest BCUT2D eigenvalue weighted by Crippen LogP contribution is -2.24. The van der Waals surface area contributed by atoms with Gasteiger partial charge in [-0.15, -0.1) is 0 Å². The summed E-state index contributed by atoms with van der Waals surface area (Å²) in [6, 6.07) is 6.35. The minimum absolute atomic E-state index is 0.257. The van der Waals surface area contributed by atoms with Gasteiger partial charge >= 0.3 is 0 Å². The highest BCUT2D eigenvalue weighted by molar-refractivity contribution is 7.99. The molecule has 1 amide bonds. The van der Waals surface area contributed by atoms with Gasteiger partial charge < -0.3 is 21.1 Å². The molecule has 0 bridgehead atoms. The van der Waals surface area contributed by atoms with Gasteiger partial charge in [-0.1, -0.05) is 37.7 Å². The van der Waals surface area contributed by atoms with Crippen LogP contribution < -0.4 is 16.6 Å². The quantitative estimate of drug-likeness (QED) is 0.279. The van der Waals surface area contributed by atoms with Crippen molar-refractivity contribution in [3.8, 4) is 5.88 Å². The Balaban J connectivity index is 2.18. The number of nitrogens with zero attached hydrogens (tertiary/aromatic N) is 2. The van der Waals surface area contributed by atoms with Crippen LogP contribution in [0.3, 0.4) is 0 Å². The number of anilines is 1. The van der Waals surface area contributed by atoms with Crippen molar-refractivity contribution in [2.24, 2.45) is 16.8 Å². The highest BCUT2D eigenvalue weighted by Gasteiger charge is 2.19. The molecule has 0 spiro atoms. The number of aromatic hydroxyl groups is 1. The van der Waals surface area contributed by atoms with Gasteiger partial charge in [-0.05, 0) is 18.1 Å². The zero-order valence-corrected chi connectivity index (χ0v) is 15.6. The van der Waals surface area contributed by atoms with Crippen molar-refractivity contribution in [2.45, 2.75) is 19.0 Å². The fourth-order valence-corrected chi connectivity index (χ4v) is 2.88. The fourth-order valence-electron chi connectivity index (χ4n) is 2.08. The molecule has 0 aliphatic carbocycles. The second kappa shape index (κ2) is 8.99. The average molecular weight is 388 g/mol. The van der Waals surface area contributed by atoms with E-state index in [9.17, 15) is 14.7 Å². The molecule has 27 heavy (non-hydrogen) atoms. The Morgan fingerprint density at radius 3 is 2.63 bits per heavy atom. The second-order valence-electron chi connectivity index (χ2n) is 5.97. The molecular weight excluding hydrogens is 368 g/mol. The van der Waals surface area contributed by atoms with E-state index < -0.39 is 22.9 Å². The molecule has 2 rings (SSSR count). The third-order valence-corrected chi connectivity index (χ3v) is 4.68. The third-order valence-electron chi connectivity index (χ3n) is 3.38. The Morgan fingerprint density at radius 2 is 2.11 bits per heavy atom. The second-order valence-corrected chi connectivity index (χ2v) is 6.98. The van der Waals surface area contributed by atoms with Crippen LogP contribution in [-0.2, 0) is 0 Å². The molecule has 0 atom stereocenters. The van der Waals surface area contributed by atoms with E-state index in [0.29, 0.717) is 22.9 Å². The number of aromatic nitrogens is 2. The van der Waals surface area contributed by atoms with Crippen molar-refractivity contribution < 1.29 is 9.90 Å². The molecule has 2 aromatic rings. The minimum atomic E-state index is -0.783. The molecular formula is C17H20N6O3S. The number of carbonyl (C=O) groups excluding carboxylic acids is 1. The van der Waals surface area contributed by atoms with E-state index in [1.165, 1.54) is 18.0 Å². The van der Waals surface area contributed by atoms with Crippen molar-refractivity contribution in [2.75, 3.05) is 11.1 Å². The number of H-pyrrole nitrogens is 1. The Bertz CT molecular complexity index is 921. The summed E-state index contributed by atoms with van der Waals surface area (Å²) < 4.78 is 0. The summed E-state index contributed by atoms with van der Waals surface area (Å²) in [5.41, 5.74) is 12.5. The van der Waals surface area contributed by atoms with E-state index in [4.69, 9.17) is 11.3 Å². The molecule has 1 heterocycles. The van der Waals surface area contributed by atoms with E-state index in [-0.39, 0.29) is 10.9 Å². The summed E-state index contributed by atoms with van der Waals surface area (Å²) in [6.45, 7) is 4.03. The highest BCUT2D eigenvalue weighted by atomic mass is 32.2. The zero-order chi connectivity index (χ0) is 20.0. The number of nitrogens with two attached hydrogens (primary N) is 1. The highest BCUT2D eigenvalue weighted by Crippen LogP contribution is 2.21. The number of nitrogens with one attached hydrogen (secondary N) is 3. The topological polar surface area (TPSA) is 157 Å². The van der Waals surface area contributed by atoms with Gasteiger partial charge in [-0.25, -0.2) is 5.53 Å². The van der Waals surface area contributed by atoms with Crippen molar-refractivity contribution in [1.29, 1.82) is 5.53 Å². The van der Waals surface area contributed by atoms with E-state index in [1.807, 2.05) is 13.8 Å². The molecule has 0 saturated carbocycles. The molecule has 1 aromatic heterocycles. The molecule has 0 aliphatic rings. The van der Waals surface area contributed by atoms with Gasteiger partial charge in [0.15, 0.2) is 10.7 Å². The van der Waals surface area contributed by atoms with E-state index >= 15 is 0 Å². The molecule has 9 nitrogen and oxygen atoms in total. The molecule has 0 fully saturated rings. The average Bonchev–Trinajstić information content (AvgIpc) is 2.62. The van der Waals surface area contributed by atoms with Crippen LogP contribution in [0.2, 0.25) is 0 Å². The predicted octanol–water partition coefficient (Wildman–Crippen LogP) is 2.76. The van der Waals surface area contributed by atoms with Crippen LogP contribution >= 0.6 is 11.8 Å². The maximum absolute atomic E-state index is 12.3. The largest absolute Gasteiger partial charge is 0.493 e. The summed E-state index contributed by atoms with van der Waals surface area (Å²) >= 11 is 1.29. The van der Waals surface area contributed by atoms with Crippen LogP contribution in [0, 0.1) is 11.4 Å². The van der Waals surface area contributed by atoms with Crippen LogP contribution in [0.1, 0.15) is 29.8 Å². The smallest absolute Gasteiger partial charge is 0.268 e. The van der Waals surface area contributed by atoms with E-state index in [0.717, 1.165) is 0 Å². The van der Waals surface area contributed by atoms with Crippen molar-refractivity contribution >= 4 is 29.1 Å². The maximum atomic E-state index is 12.3. The number of hydrogen-bond acceptors (Lipinski definition) is 8. The first-order valence-electron chi connectivity index (χ1n) is 8.03. The fraction of sp³-hybridized carbons (Fsp3) is 0.235. The van der Waals surface area contributed by atoms with E-state index in [2.05, 4.69) is 20.4 Å². The number of hydrogen-bond donors (Lipinski definition) is 5. The van der Waals surface area contributed by atoms with Gasteiger partial charge in [-0.3, -0.25) is 9.59 Å². The minimum Gasteiger partial charge on any atom is -0.493 e. The van der Waals surface area contributed by atoms with Gasteiger partial charge in [0.05, 0.1) is 0 Å². The predicted molar refractivity (Wildman–Crippen MR) is 104 cm³/mol. The molecule has 1 aromatic carbocycles. The summed E-state index contributed by atoms with van der Waals surface area (Å²) in [4.78, 5) is 30.9. The van der Waals surface area contributed by atoms with Crippen molar-refractivity contribution in [1.82, 2.24) is 9.97 Å². The summed E-state index contributed by atoms with van der Waals surface area (Å²) in [7, 11) is 0. The Kier molecular flexibility index (Phi) is 6.72. The summed E-state index contributed by atoms with van der Waals surface area (Å²) in [5, 5.41) is 16.1. The number of benzene rings is 1. The Hall–Kier alpha value is -3.14. The first kappa shape index (κ1) is 20.2. The van der Waals surface area contributed by atoms with Gasteiger partial charge in [0.2, 0.25) is 5.88 Å². The third kappa shape index (κ3) is 5.17. The van der Waals surface area contributed by atoms with Crippen LogP contribution in [0.15, 0.2) is 45.5 Å². The molecule has 0 radical (unpaired) electrons. The Labute approximate surface area is 159 Å². The van der Waals surface area contributed by atoms with Crippen LogP contribution in [0.25, 0.3) is 5.70 Å². The van der Waals surface area contributed by atoms with Gasteiger partial charge in [-0.2, -0.15) is 10.1 Å². The number of carbonyl (C=O) groups is 1.